The maximum absolute atomic E-state index is 11.4. The van der Waals surface area contributed by atoms with Crippen LogP contribution in [0.5, 0.6) is 0 Å². The number of anilines is 2. The van der Waals surface area contributed by atoms with E-state index < -0.39 is 10.0 Å². The molecule has 0 radical (unpaired) electrons. The zero-order chi connectivity index (χ0) is 15.3. The van der Waals surface area contributed by atoms with Crippen LogP contribution < -0.4 is 16.2 Å². The number of benzene rings is 1. The molecule has 0 amide bonds. The number of sulfonamides is 1. The predicted molar refractivity (Wildman–Crippen MR) is 82.6 cm³/mol. The van der Waals surface area contributed by atoms with Gasteiger partial charge in [-0.05, 0) is 25.1 Å². The van der Waals surface area contributed by atoms with Crippen LogP contribution in [0.3, 0.4) is 0 Å². The quantitative estimate of drug-likeness (QED) is 0.505. The van der Waals surface area contributed by atoms with Crippen molar-refractivity contribution in [1.82, 2.24) is 4.90 Å². The fourth-order valence-electron chi connectivity index (χ4n) is 2.30. The number of nitrogen functional groups attached to an aromatic ring is 1. The van der Waals surface area contributed by atoms with E-state index in [2.05, 4.69) is 10.2 Å². The summed E-state index contributed by atoms with van der Waals surface area (Å²) >= 11 is 0. The second-order valence-corrected chi connectivity index (χ2v) is 6.53. The average molecular weight is 314 g/mol. The molecule has 5 N–H and O–H groups in total. The Hall–Kier alpha value is -1.35. The summed E-state index contributed by atoms with van der Waals surface area (Å²) in [6.07, 6.45) is 0.943. The second-order valence-electron chi connectivity index (χ2n) is 5.00. The highest BCUT2D eigenvalue weighted by Gasteiger charge is 2.14. The third kappa shape index (κ3) is 4.57. The van der Waals surface area contributed by atoms with Gasteiger partial charge in [0.1, 0.15) is 4.90 Å². The summed E-state index contributed by atoms with van der Waals surface area (Å²) in [5.41, 5.74) is 6.62. The molecule has 0 aromatic heterocycles. The van der Waals surface area contributed by atoms with Crippen molar-refractivity contribution in [2.45, 2.75) is 11.3 Å². The molecule has 1 aliphatic rings. The zero-order valence-electron chi connectivity index (χ0n) is 11.9. The fraction of sp³-hybridized carbons (Fsp3) is 0.538. The summed E-state index contributed by atoms with van der Waals surface area (Å²) in [5.74, 6) is 0. The van der Waals surface area contributed by atoms with Crippen LogP contribution in [-0.4, -0.2) is 52.7 Å². The molecule has 1 aromatic rings. The third-order valence-corrected chi connectivity index (χ3v) is 4.41. The Morgan fingerprint density at radius 3 is 2.67 bits per heavy atom. The summed E-state index contributed by atoms with van der Waals surface area (Å²) < 4.78 is 28.1. The molecular formula is C13H22N4O3S. The molecule has 8 heteroatoms. The maximum Gasteiger partial charge on any atom is 0.240 e. The number of morpholine rings is 1. The first-order valence-electron chi connectivity index (χ1n) is 6.94. The van der Waals surface area contributed by atoms with Crippen LogP contribution in [0.25, 0.3) is 0 Å². The first-order valence-corrected chi connectivity index (χ1v) is 8.48. The molecule has 0 spiro atoms. The number of para-hydroxylation sites is 1. The van der Waals surface area contributed by atoms with Crippen LogP contribution >= 0.6 is 0 Å². The minimum atomic E-state index is -3.79. The van der Waals surface area contributed by atoms with Gasteiger partial charge in [0, 0.05) is 19.6 Å². The number of nitrogens with two attached hydrogens (primary N) is 2. The van der Waals surface area contributed by atoms with Gasteiger partial charge in [-0.3, -0.25) is 4.90 Å². The SMILES string of the molecule is Nc1c(NCCCN2CCOCC2)cccc1S(N)(=O)=O. The lowest BCUT2D eigenvalue weighted by atomic mass is 10.2. The Morgan fingerprint density at radius 2 is 2.00 bits per heavy atom. The van der Waals surface area contributed by atoms with Gasteiger partial charge < -0.3 is 15.8 Å². The van der Waals surface area contributed by atoms with E-state index in [9.17, 15) is 8.42 Å². The van der Waals surface area contributed by atoms with Gasteiger partial charge in [-0.25, -0.2) is 13.6 Å². The number of hydrogen-bond donors (Lipinski definition) is 3. The van der Waals surface area contributed by atoms with Gasteiger partial charge >= 0.3 is 0 Å². The smallest absolute Gasteiger partial charge is 0.240 e. The van der Waals surface area contributed by atoms with Gasteiger partial charge in [-0.15, -0.1) is 0 Å². The maximum atomic E-state index is 11.4. The van der Waals surface area contributed by atoms with Crippen molar-refractivity contribution in [3.8, 4) is 0 Å². The second kappa shape index (κ2) is 7.08. The Kier molecular flexibility index (Phi) is 5.40. The summed E-state index contributed by atoms with van der Waals surface area (Å²) in [6.45, 7) is 5.19. The molecule has 1 fully saturated rings. The normalized spacial score (nSPS) is 16.8. The number of ether oxygens (including phenoxy) is 1. The van der Waals surface area contributed by atoms with E-state index in [1.807, 2.05) is 0 Å². The van der Waals surface area contributed by atoms with Crippen molar-refractivity contribution in [2.75, 3.05) is 50.4 Å². The standard InChI is InChI=1S/C13H22N4O3S/c14-13-11(3-1-4-12(13)21(15,18)19)16-5-2-6-17-7-9-20-10-8-17/h1,3-4,16H,2,5-10,14H2,(H2,15,18,19). The summed E-state index contributed by atoms with van der Waals surface area (Å²) in [7, 11) is -3.79. The van der Waals surface area contributed by atoms with E-state index in [0.29, 0.717) is 5.69 Å². The Balaban J connectivity index is 1.86. The van der Waals surface area contributed by atoms with E-state index in [1.165, 1.54) is 6.07 Å². The lowest BCUT2D eigenvalue weighted by Gasteiger charge is -2.26. The predicted octanol–water partition coefficient (Wildman–Crippen LogP) is 0.0504. The topological polar surface area (TPSA) is 111 Å². The third-order valence-electron chi connectivity index (χ3n) is 3.44. The van der Waals surface area contributed by atoms with Crippen LogP contribution in [-0.2, 0) is 14.8 Å². The minimum absolute atomic E-state index is 0.0410. The molecule has 1 saturated heterocycles. The minimum Gasteiger partial charge on any atom is -0.396 e. The Morgan fingerprint density at radius 1 is 1.29 bits per heavy atom. The lowest BCUT2D eigenvalue weighted by Crippen LogP contribution is -2.37. The molecular weight excluding hydrogens is 292 g/mol. The van der Waals surface area contributed by atoms with Crippen molar-refractivity contribution in [1.29, 1.82) is 0 Å². The van der Waals surface area contributed by atoms with Crippen LogP contribution in [0.1, 0.15) is 6.42 Å². The largest absolute Gasteiger partial charge is 0.396 e. The highest BCUT2D eigenvalue weighted by molar-refractivity contribution is 7.89. The molecule has 0 bridgehead atoms. The fourth-order valence-corrected chi connectivity index (χ4v) is 2.98. The molecule has 1 heterocycles. The van der Waals surface area contributed by atoms with E-state index >= 15 is 0 Å². The summed E-state index contributed by atoms with van der Waals surface area (Å²) in [5, 5.41) is 8.29. The lowest BCUT2D eigenvalue weighted by molar-refractivity contribution is 0.0378. The molecule has 0 atom stereocenters. The number of nitrogens with zero attached hydrogens (tertiary/aromatic N) is 1. The summed E-state index contributed by atoms with van der Waals surface area (Å²) in [6, 6.07) is 4.78. The Labute approximate surface area is 125 Å². The van der Waals surface area contributed by atoms with Crippen molar-refractivity contribution in [2.24, 2.45) is 5.14 Å². The van der Waals surface area contributed by atoms with E-state index in [-0.39, 0.29) is 10.6 Å². The number of primary sulfonamides is 1. The van der Waals surface area contributed by atoms with Crippen LogP contribution in [0.2, 0.25) is 0 Å². The van der Waals surface area contributed by atoms with E-state index in [1.54, 1.807) is 12.1 Å². The van der Waals surface area contributed by atoms with Crippen LogP contribution in [0.4, 0.5) is 11.4 Å². The zero-order valence-corrected chi connectivity index (χ0v) is 12.7. The first kappa shape index (κ1) is 16.0. The van der Waals surface area contributed by atoms with Gasteiger partial charge in [0.2, 0.25) is 10.0 Å². The molecule has 118 valence electrons. The van der Waals surface area contributed by atoms with E-state index in [4.69, 9.17) is 15.6 Å². The van der Waals surface area contributed by atoms with Crippen molar-refractivity contribution in [3.05, 3.63) is 18.2 Å². The molecule has 1 aromatic carbocycles. The van der Waals surface area contributed by atoms with Gasteiger partial charge in [-0.1, -0.05) is 6.07 Å². The van der Waals surface area contributed by atoms with E-state index in [0.717, 1.165) is 45.8 Å². The molecule has 1 aliphatic heterocycles. The van der Waals surface area contributed by atoms with Gasteiger partial charge in [0.25, 0.3) is 0 Å². The van der Waals surface area contributed by atoms with Crippen LogP contribution in [0, 0.1) is 0 Å². The van der Waals surface area contributed by atoms with Crippen molar-refractivity contribution >= 4 is 21.4 Å². The average Bonchev–Trinajstić information content (AvgIpc) is 2.45. The van der Waals surface area contributed by atoms with Gasteiger partial charge in [0.05, 0.1) is 24.6 Å². The Bertz CT molecular complexity index is 571. The summed E-state index contributed by atoms with van der Waals surface area (Å²) in [4.78, 5) is 2.30. The van der Waals surface area contributed by atoms with Gasteiger partial charge in [0.15, 0.2) is 0 Å². The molecule has 0 unspecified atom stereocenters. The number of nitrogens with one attached hydrogen (secondary N) is 1. The highest BCUT2D eigenvalue weighted by Crippen LogP contribution is 2.25. The van der Waals surface area contributed by atoms with Crippen molar-refractivity contribution in [3.63, 3.8) is 0 Å². The van der Waals surface area contributed by atoms with Crippen molar-refractivity contribution < 1.29 is 13.2 Å². The molecule has 2 rings (SSSR count). The first-order chi connectivity index (χ1) is 9.98. The number of rotatable bonds is 6. The number of hydrogen-bond acceptors (Lipinski definition) is 6. The molecule has 7 nitrogen and oxygen atoms in total. The van der Waals surface area contributed by atoms with Gasteiger partial charge in [-0.2, -0.15) is 0 Å². The van der Waals surface area contributed by atoms with Crippen LogP contribution in [0.15, 0.2) is 23.1 Å². The molecule has 0 saturated carbocycles. The molecule has 21 heavy (non-hydrogen) atoms. The highest BCUT2D eigenvalue weighted by atomic mass is 32.2. The monoisotopic (exact) mass is 314 g/mol. The molecule has 0 aliphatic carbocycles.